The van der Waals surface area contributed by atoms with Gasteiger partial charge in [0.05, 0.1) is 0 Å². The Balaban J connectivity index is 0.00000410. The van der Waals surface area contributed by atoms with Crippen molar-refractivity contribution in [2.24, 2.45) is 0 Å². The van der Waals surface area contributed by atoms with Crippen LogP contribution < -0.4 is 14.5 Å². The van der Waals surface area contributed by atoms with Crippen LogP contribution in [0.2, 0.25) is 0 Å². The Kier molecular flexibility index (Phi) is 8.52. The maximum absolute atomic E-state index is 6.77. The minimum atomic E-state index is -0.158. The fraction of sp³-hybridized carbons (Fsp3) is 0.160. The van der Waals surface area contributed by atoms with Gasteiger partial charge in [-0.3, -0.25) is 0 Å². The number of anilines is 3. The van der Waals surface area contributed by atoms with Crippen molar-refractivity contribution in [2.75, 3.05) is 16.8 Å². The van der Waals surface area contributed by atoms with E-state index in [2.05, 4.69) is 196 Å². The minimum absolute atomic E-state index is 0. The van der Waals surface area contributed by atoms with Crippen LogP contribution in [0, 0.1) is 18.8 Å². The monoisotopic (exact) mass is 908 g/mol. The molecule has 0 N–H and O–H groups in total. The molecular formula is C50H41N4OPt-3. The number of benzene rings is 6. The molecule has 280 valence electrons. The molecule has 0 fully saturated rings. The zero-order valence-electron chi connectivity index (χ0n) is 32.3. The van der Waals surface area contributed by atoms with E-state index in [0.717, 1.165) is 55.8 Å². The molecular weight excluding hydrogens is 868 g/mol. The Bertz CT molecular complexity index is 2810. The summed E-state index contributed by atoms with van der Waals surface area (Å²) >= 11 is 0. The summed E-state index contributed by atoms with van der Waals surface area (Å²) in [6.07, 6.45) is 2.05. The zero-order chi connectivity index (χ0) is 37.6. The van der Waals surface area contributed by atoms with E-state index in [9.17, 15) is 0 Å². The summed E-state index contributed by atoms with van der Waals surface area (Å²) in [5.41, 5.74) is 13.4. The van der Waals surface area contributed by atoms with E-state index in [1.54, 1.807) is 0 Å². The van der Waals surface area contributed by atoms with Crippen molar-refractivity contribution in [3.8, 4) is 39.6 Å². The topological polar surface area (TPSA) is 33.5 Å². The summed E-state index contributed by atoms with van der Waals surface area (Å²) in [4.78, 5) is 9.48. The third-order valence-corrected chi connectivity index (χ3v) is 11.4. The predicted octanol–water partition coefficient (Wildman–Crippen LogP) is 12.5. The zero-order valence-corrected chi connectivity index (χ0v) is 34.6. The van der Waals surface area contributed by atoms with Crippen molar-refractivity contribution in [1.82, 2.24) is 9.55 Å². The van der Waals surface area contributed by atoms with Crippen molar-refractivity contribution in [3.63, 3.8) is 0 Å². The maximum atomic E-state index is 6.77. The summed E-state index contributed by atoms with van der Waals surface area (Å²) in [6, 6.07) is 52.5. The molecule has 56 heavy (non-hydrogen) atoms. The van der Waals surface area contributed by atoms with Gasteiger partial charge in [-0.1, -0.05) is 119 Å². The first-order chi connectivity index (χ1) is 26.5. The molecule has 6 aromatic carbocycles. The molecule has 1 aliphatic heterocycles. The van der Waals surface area contributed by atoms with Crippen molar-refractivity contribution in [3.05, 3.63) is 169 Å². The van der Waals surface area contributed by atoms with Crippen LogP contribution in [0.5, 0.6) is 11.5 Å². The number of pyridine rings is 1. The van der Waals surface area contributed by atoms with Gasteiger partial charge in [-0.15, -0.1) is 47.0 Å². The van der Waals surface area contributed by atoms with Crippen LogP contribution in [0.15, 0.2) is 134 Å². The molecule has 6 heteroatoms. The second-order valence-corrected chi connectivity index (χ2v) is 16.3. The van der Waals surface area contributed by atoms with Crippen LogP contribution >= 0.6 is 0 Å². The number of nitrogens with zero attached hydrogens (tertiary/aromatic N) is 4. The average molecular weight is 909 g/mol. The van der Waals surface area contributed by atoms with Gasteiger partial charge in [0, 0.05) is 66.6 Å². The molecule has 10 rings (SSSR count). The van der Waals surface area contributed by atoms with Crippen LogP contribution in [0.4, 0.5) is 17.1 Å². The van der Waals surface area contributed by atoms with Gasteiger partial charge >= 0.3 is 0 Å². The van der Waals surface area contributed by atoms with Gasteiger partial charge in [0.15, 0.2) is 0 Å². The van der Waals surface area contributed by atoms with Crippen LogP contribution in [0.25, 0.3) is 49.9 Å². The van der Waals surface area contributed by atoms with Crippen LogP contribution in [-0.4, -0.2) is 16.6 Å². The van der Waals surface area contributed by atoms with Gasteiger partial charge in [0.25, 0.3) is 0 Å². The summed E-state index contributed by atoms with van der Waals surface area (Å²) in [7, 11) is 2.08. The molecule has 8 aromatic rings. The summed E-state index contributed by atoms with van der Waals surface area (Å²) in [6.45, 7) is 13.4. The molecule has 1 aliphatic carbocycles. The van der Waals surface area contributed by atoms with E-state index >= 15 is 0 Å². The van der Waals surface area contributed by atoms with Gasteiger partial charge in [-0.25, -0.2) is 4.98 Å². The van der Waals surface area contributed by atoms with E-state index in [-0.39, 0.29) is 31.9 Å². The summed E-state index contributed by atoms with van der Waals surface area (Å²) in [5, 5.41) is 2.23. The summed E-state index contributed by atoms with van der Waals surface area (Å²) in [5.74, 6) is 2.11. The largest absolute Gasteiger partial charge is 0.509 e. The first-order valence-electron chi connectivity index (χ1n) is 18.9. The number of hydrogen-bond acceptors (Lipinski definition) is 4. The van der Waals surface area contributed by atoms with Gasteiger partial charge in [-0.05, 0) is 69.9 Å². The van der Waals surface area contributed by atoms with E-state index < -0.39 is 0 Å². The molecule has 0 unspecified atom stereocenters. The third kappa shape index (κ3) is 5.75. The second kappa shape index (κ2) is 13.2. The Morgan fingerprint density at radius 2 is 1.43 bits per heavy atom. The molecule has 0 saturated heterocycles. The fourth-order valence-electron chi connectivity index (χ4n) is 8.46. The molecule has 0 amide bonds. The quantitative estimate of drug-likeness (QED) is 0.161. The smallest absolute Gasteiger partial charge is 0.135 e. The minimum Gasteiger partial charge on any atom is -0.509 e. The van der Waals surface area contributed by atoms with Crippen LogP contribution in [0.3, 0.4) is 0 Å². The Morgan fingerprint density at radius 3 is 2.23 bits per heavy atom. The summed E-state index contributed by atoms with van der Waals surface area (Å²) < 4.78 is 9.02. The SMILES string of the molecule is CN1[CH-]N(c2[c-]c(Oc3[c-]c4c(cc3)c3cc(-c5ccccc5)ccc3n4-c3cc4c(cn3)-c3ccccc3C4(C)C)cc(C(C)(C)C)c2)c2ccccc21.[Pt]. The predicted molar refractivity (Wildman–Crippen MR) is 226 cm³/mol. The van der Waals surface area contributed by atoms with Crippen molar-refractivity contribution < 1.29 is 25.8 Å². The molecule has 0 saturated carbocycles. The van der Waals surface area contributed by atoms with E-state index in [1.165, 1.54) is 27.8 Å². The third-order valence-electron chi connectivity index (χ3n) is 11.4. The molecule has 0 spiro atoms. The van der Waals surface area contributed by atoms with Gasteiger partial charge in [0.1, 0.15) is 5.82 Å². The standard InChI is InChI=1S/C50H41N4O.Pt/c1-49(2,3)34-25-35(53-31-52(6)45-18-12-13-19-46(45)53)27-37(26-34)55-36-21-22-39-40-24-33(32-14-8-7-9-15-32)20-23-44(40)54(47(39)28-36)48-29-43-41(30-51-48)38-16-10-11-17-42(38)50(43,4)5;/h7-26,29-31H,1-6H3;/q-3;. The Morgan fingerprint density at radius 1 is 0.679 bits per heavy atom. The van der Waals surface area contributed by atoms with Crippen LogP contribution in [-0.2, 0) is 31.9 Å². The molecule has 0 bridgehead atoms. The van der Waals surface area contributed by atoms with E-state index in [4.69, 9.17) is 9.72 Å². The number of fused-ring (bicyclic) bond motifs is 7. The Hall–Kier alpha value is -5.64. The van der Waals surface area contributed by atoms with E-state index in [0.29, 0.717) is 11.5 Å². The molecule has 2 aromatic heterocycles. The first-order valence-corrected chi connectivity index (χ1v) is 18.9. The molecule has 0 atom stereocenters. The Labute approximate surface area is 343 Å². The molecule has 2 aliphatic rings. The van der Waals surface area contributed by atoms with Crippen molar-refractivity contribution in [2.45, 2.75) is 45.4 Å². The second-order valence-electron chi connectivity index (χ2n) is 16.3. The number of ether oxygens (including phenoxy) is 1. The van der Waals surface area contributed by atoms with Crippen molar-refractivity contribution >= 4 is 38.9 Å². The van der Waals surface area contributed by atoms with Gasteiger partial charge in [-0.2, -0.15) is 12.7 Å². The van der Waals surface area contributed by atoms with Crippen molar-refractivity contribution in [1.29, 1.82) is 0 Å². The number of para-hydroxylation sites is 2. The normalized spacial score (nSPS) is 14.1. The maximum Gasteiger partial charge on any atom is 0.135 e. The average Bonchev–Trinajstić information content (AvgIpc) is 3.78. The number of rotatable bonds is 5. The van der Waals surface area contributed by atoms with Gasteiger partial charge in [0.2, 0.25) is 0 Å². The molecule has 5 nitrogen and oxygen atoms in total. The number of hydrogen-bond donors (Lipinski definition) is 0. The fourth-order valence-corrected chi connectivity index (χ4v) is 8.46. The molecule has 3 heterocycles. The van der Waals surface area contributed by atoms with Crippen LogP contribution in [0.1, 0.15) is 51.3 Å². The first kappa shape index (κ1) is 36.0. The molecule has 0 radical (unpaired) electrons. The van der Waals surface area contributed by atoms with E-state index in [1.807, 2.05) is 12.3 Å². The number of aromatic nitrogens is 2. The van der Waals surface area contributed by atoms with Gasteiger partial charge < -0.3 is 19.1 Å².